The number of benzene rings is 2. The highest BCUT2D eigenvalue weighted by Gasteiger charge is 2.35. The summed E-state index contributed by atoms with van der Waals surface area (Å²) in [6.45, 7) is 6.84. The Kier molecular flexibility index (Phi) is 7.65. The van der Waals surface area contributed by atoms with Crippen LogP contribution in [0.15, 0.2) is 83.0 Å². The average molecular weight is 580 g/mol. The van der Waals surface area contributed by atoms with Gasteiger partial charge < -0.3 is 4.74 Å². The molecule has 5 aromatic rings. The first kappa shape index (κ1) is 28.7. The number of para-hydroxylation sites is 1. The lowest BCUT2D eigenvalue weighted by Crippen LogP contribution is -2.26. The van der Waals surface area contributed by atoms with Crippen molar-refractivity contribution >= 4 is 16.5 Å². The summed E-state index contributed by atoms with van der Waals surface area (Å²) in [5.74, 6) is -1.62. The number of halogens is 4. The van der Waals surface area contributed by atoms with Gasteiger partial charge in [-0.2, -0.15) is 17.9 Å². The van der Waals surface area contributed by atoms with Crippen molar-refractivity contribution in [1.29, 1.82) is 0 Å². The second kappa shape index (κ2) is 11.2. The molecular formula is C30H25F4N5O3. The van der Waals surface area contributed by atoms with Gasteiger partial charge in [-0.05, 0) is 37.1 Å². The maximum atomic E-state index is 15.6. The molecule has 12 heteroatoms. The van der Waals surface area contributed by atoms with Crippen LogP contribution in [0, 0.1) is 12.7 Å². The lowest BCUT2D eigenvalue weighted by molar-refractivity contribution is -0.0686. The maximum Gasteiger partial charge on any atom is 0.416 e. The molecule has 0 amide bonds. The third kappa shape index (κ3) is 5.28. The van der Waals surface area contributed by atoms with Crippen molar-refractivity contribution in [3.63, 3.8) is 0 Å². The minimum Gasteiger partial charge on any atom is -0.369 e. The van der Waals surface area contributed by atoms with Crippen LogP contribution in [0.3, 0.4) is 0 Å². The molecule has 0 radical (unpaired) electrons. The van der Waals surface area contributed by atoms with E-state index in [0.717, 1.165) is 22.4 Å². The summed E-state index contributed by atoms with van der Waals surface area (Å²) in [6, 6.07) is 16.6. The Morgan fingerprint density at radius 3 is 2.38 bits per heavy atom. The zero-order valence-electron chi connectivity index (χ0n) is 22.7. The van der Waals surface area contributed by atoms with Crippen LogP contribution < -0.4 is 11.2 Å². The minimum atomic E-state index is -4.89. The SMILES string of the molecule is C=C(c1cn(-c2ccccc2C)c(=O)c2cc(F)c(-n3nc(COCc4ccccc4)n(CC)c3=O)nc12)C(F)(F)F. The fourth-order valence-electron chi connectivity index (χ4n) is 4.59. The standard InChI is InChI=1S/C30H25F4N5O3/c1-4-37-25(17-42-16-20-11-6-5-7-12-20)36-39(29(37)41)27-23(31)14-21-26(35-27)22(19(3)30(32,33)34)15-38(28(21)40)24-13-9-8-10-18(24)2/h5-15H,3-4,16-17H2,1-2H3. The van der Waals surface area contributed by atoms with Crippen molar-refractivity contribution in [2.75, 3.05) is 0 Å². The molecule has 3 aromatic heterocycles. The summed E-state index contributed by atoms with van der Waals surface area (Å²) in [5, 5.41) is 3.76. The largest absolute Gasteiger partial charge is 0.416 e. The molecule has 0 bridgehead atoms. The van der Waals surface area contributed by atoms with E-state index in [9.17, 15) is 22.8 Å². The molecule has 0 aliphatic heterocycles. The summed E-state index contributed by atoms with van der Waals surface area (Å²) >= 11 is 0. The number of allylic oxidation sites excluding steroid dienone is 1. The van der Waals surface area contributed by atoms with E-state index in [1.54, 1.807) is 38.1 Å². The van der Waals surface area contributed by atoms with Crippen LogP contribution >= 0.6 is 0 Å². The fraction of sp³-hybridized carbons (Fsp3) is 0.200. The van der Waals surface area contributed by atoms with Crippen LogP contribution in [-0.2, 0) is 24.5 Å². The summed E-state index contributed by atoms with van der Waals surface area (Å²) in [5.41, 5.74) is -2.07. The van der Waals surface area contributed by atoms with Gasteiger partial charge in [0.25, 0.3) is 5.56 Å². The quantitative estimate of drug-likeness (QED) is 0.227. The predicted molar refractivity (Wildman–Crippen MR) is 149 cm³/mol. The number of rotatable bonds is 8. The number of pyridine rings is 2. The molecule has 3 heterocycles. The van der Waals surface area contributed by atoms with Gasteiger partial charge in [0.15, 0.2) is 17.5 Å². The van der Waals surface area contributed by atoms with Crippen LogP contribution in [-0.4, -0.2) is 30.1 Å². The molecule has 5 rings (SSSR count). The van der Waals surface area contributed by atoms with E-state index in [1.165, 1.54) is 4.57 Å². The number of nitrogens with zero attached hydrogens (tertiary/aromatic N) is 5. The molecule has 0 N–H and O–H groups in total. The van der Waals surface area contributed by atoms with E-state index in [-0.39, 0.29) is 25.6 Å². The van der Waals surface area contributed by atoms with E-state index < -0.39 is 51.1 Å². The summed E-state index contributed by atoms with van der Waals surface area (Å²) in [4.78, 5) is 30.7. The molecule has 0 aliphatic rings. The first-order valence-electron chi connectivity index (χ1n) is 12.9. The third-order valence-corrected chi connectivity index (χ3v) is 6.76. The van der Waals surface area contributed by atoms with E-state index in [4.69, 9.17) is 4.74 Å². The van der Waals surface area contributed by atoms with Crippen molar-refractivity contribution < 1.29 is 22.3 Å². The molecule has 0 spiro atoms. The van der Waals surface area contributed by atoms with Crippen LogP contribution in [0.4, 0.5) is 17.6 Å². The van der Waals surface area contributed by atoms with Crippen LogP contribution in [0.1, 0.15) is 29.4 Å². The highest BCUT2D eigenvalue weighted by atomic mass is 19.4. The minimum absolute atomic E-state index is 0.0998. The summed E-state index contributed by atoms with van der Waals surface area (Å²) in [6.07, 6.45) is -3.91. The van der Waals surface area contributed by atoms with Gasteiger partial charge >= 0.3 is 11.9 Å². The third-order valence-electron chi connectivity index (χ3n) is 6.76. The molecule has 0 atom stereocenters. The molecule has 0 aliphatic carbocycles. The number of hydrogen-bond acceptors (Lipinski definition) is 5. The van der Waals surface area contributed by atoms with E-state index in [1.807, 2.05) is 30.3 Å². The lowest BCUT2D eigenvalue weighted by atomic mass is 10.0. The molecule has 8 nitrogen and oxygen atoms in total. The van der Waals surface area contributed by atoms with Gasteiger partial charge in [0, 0.05) is 18.3 Å². The number of aryl methyl sites for hydroxylation is 1. The van der Waals surface area contributed by atoms with Gasteiger partial charge in [-0.25, -0.2) is 14.2 Å². The monoisotopic (exact) mass is 579 g/mol. The van der Waals surface area contributed by atoms with Gasteiger partial charge in [0.05, 0.1) is 28.8 Å². The number of ether oxygens (including phenoxy) is 1. The first-order valence-corrected chi connectivity index (χ1v) is 12.9. The smallest absolute Gasteiger partial charge is 0.369 e. The van der Waals surface area contributed by atoms with E-state index in [2.05, 4.69) is 16.7 Å². The fourth-order valence-corrected chi connectivity index (χ4v) is 4.59. The van der Waals surface area contributed by atoms with Crippen LogP contribution in [0.25, 0.3) is 28.0 Å². The lowest BCUT2D eigenvalue weighted by Gasteiger charge is -2.17. The van der Waals surface area contributed by atoms with Crippen molar-refractivity contribution in [3.05, 3.63) is 123 Å². The maximum absolute atomic E-state index is 15.6. The highest BCUT2D eigenvalue weighted by Crippen LogP contribution is 2.35. The summed E-state index contributed by atoms with van der Waals surface area (Å²) < 4.78 is 65.9. The molecule has 0 unspecified atom stereocenters. The van der Waals surface area contributed by atoms with Gasteiger partial charge in [-0.1, -0.05) is 55.1 Å². The highest BCUT2D eigenvalue weighted by molar-refractivity contribution is 5.91. The Bertz CT molecular complexity index is 1920. The number of aromatic nitrogens is 5. The first-order chi connectivity index (χ1) is 20.0. The average Bonchev–Trinajstić information content (AvgIpc) is 3.28. The Hall–Kier alpha value is -4.84. The normalized spacial score (nSPS) is 11.8. The van der Waals surface area contributed by atoms with Crippen LogP contribution in [0.5, 0.6) is 0 Å². The Labute approximate surface area is 236 Å². The van der Waals surface area contributed by atoms with Gasteiger partial charge in [0.2, 0.25) is 0 Å². The molecule has 2 aromatic carbocycles. The molecule has 0 saturated carbocycles. The van der Waals surface area contributed by atoms with Gasteiger partial charge in [0.1, 0.15) is 6.61 Å². The Balaban J connectivity index is 1.66. The predicted octanol–water partition coefficient (Wildman–Crippen LogP) is 5.49. The molecular weight excluding hydrogens is 554 g/mol. The van der Waals surface area contributed by atoms with Crippen molar-refractivity contribution in [2.45, 2.75) is 39.8 Å². The number of hydrogen-bond donors (Lipinski definition) is 0. The second-order valence-corrected chi connectivity index (χ2v) is 9.50. The molecule has 0 saturated heterocycles. The van der Waals surface area contributed by atoms with Gasteiger partial charge in [-0.15, -0.1) is 5.10 Å². The zero-order chi connectivity index (χ0) is 30.2. The summed E-state index contributed by atoms with van der Waals surface area (Å²) in [7, 11) is 0. The van der Waals surface area contributed by atoms with E-state index >= 15 is 4.39 Å². The van der Waals surface area contributed by atoms with Crippen molar-refractivity contribution in [1.82, 2.24) is 23.9 Å². The van der Waals surface area contributed by atoms with Crippen molar-refractivity contribution in [2.24, 2.45) is 0 Å². The Morgan fingerprint density at radius 2 is 1.71 bits per heavy atom. The van der Waals surface area contributed by atoms with E-state index in [0.29, 0.717) is 15.9 Å². The van der Waals surface area contributed by atoms with Crippen LogP contribution in [0.2, 0.25) is 0 Å². The molecule has 0 fully saturated rings. The van der Waals surface area contributed by atoms with Crippen molar-refractivity contribution in [3.8, 4) is 11.5 Å². The second-order valence-electron chi connectivity index (χ2n) is 9.50. The Morgan fingerprint density at radius 1 is 1.02 bits per heavy atom. The number of fused-ring (bicyclic) bond motifs is 1. The van der Waals surface area contributed by atoms with Gasteiger partial charge in [-0.3, -0.25) is 13.9 Å². The zero-order valence-corrected chi connectivity index (χ0v) is 22.7. The molecule has 216 valence electrons. The molecule has 42 heavy (non-hydrogen) atoms. The topological polar surface area (TPSA) is 83.9 Å². The number of alkyl halides is 3.